The number of amides is 1. The summed E-state index contributed by atoms with van der Waals surface area (Å²) in [7, 11) is -3.83. The van der Waals surface area contributed by atoms with Crippen LogP contribution in [0.4, 0.5) is 0 Å². The first kappa shape index (κ1) is 21.3. The predicted molar refractivity (Wildman–Crippen MR) is 114 cm³/mol. The van der Waals surface area contributed by atoms with Crippen molar-refractivity contribution in [2.24, 2.45) is 0 Å². The van der Waals surface area contributed by atoms with Gasteiger partial charge in [0.2, 0.25) is 15.9 Å². The Morgan fingerprint density at radius 1 is 1.00 bits per heavy atom. The van der Waals surface area contributed by atoms with E-state index in [0.717, 1.165) is 10.0 Å². The predicted octanol–water partition coefficient (Wildman–Crippen LogP) is 3.59. The number of hydrogen-bond acceptors (Lipinski definition) is 4. The van der Waals surface area contributed by atoms with Crippen LogP contribution in [-0.2, 0) is 27.8 Å². The van der Waals surface area contributed by atoms with E-state index >= 15 is 0 Å². The van der Waals surface area contributed by atoms with Crippen LogP contribution >= 0.6 is 15.9 Å². The van der Waals surface area contributed by atoms with E-state index in [2.05, 4.69) is 21.2 Å². The van der Waals surface area contributed by atoms with Crippen molar-refractivity contribution in [1.82, 2.24) is 9.62 Å². The summed E-state index contributed by atoms with van der Waals surface area (Å²) in [5, 5.41) is 2.70. The van der Waals surface area contributed by atoms with Crippen LogP contribution < -0.4 is 5.32 Å². The molecule has 2 aromatic carbocycles. The fourth-order valence-corrected chi connectivity index (χ4v) is 4.41. The minimum atomic E-state index is -3.83. The topological polar surface area (TPSA) is 79.6 Å². The molecule has 3 aromatic rings. The van der Waals surface area contributed by atoms with Crippen LogP contribution in [0.1, 0.15) is 11.3 Å². The van der Waals surface area contributed by atoms with Crippen LogP contribution in [0, 0.1) is 0 Å². The summed E-state index contributed by atoms with van der Waals surface area (Å²) in [6, 6.07) is 19.4. The quantitative estimate of drug-likeness (QED) is 0.511. The standard InChI is InChI=1S/C21H21BrN2O4S/c22-18-8-10-20(11-9-18)29(26,27)24(13-12-17-5-2-1-3-6-17)16-21(25)23-15-19-7-4-14-28-19/h1-11,14H,12-13,15-16H2,(H,23,25). The van der Waals surface area contributed by atoms with Gasteiger partial charge in [-0.1, -0.05) is 46.3 Å². The molecule has 0 radical (unpaired) electrons. The maximum absolute atomic E-state index is 13.1. The van der Waals surface area contributed by atoms with Crippen molar-refractivity contribution in [3.8, 4) is 0 Å². The van der Waals surface area contributed by atoms with Crippen molar-refractivity contribution in [3.05, 3.63) is 88.8 Å². The summed E-state index contributed by atoms with van der Waals surface area (Å²) < 4.78 is 33.5. The highest BCUT2D eigenvalue weighted by Gasteiger charge is 2.26. The summed E-state index contributed by atoms with van der Waals surface area (Å²) in [6.07, 6.45) is 2.02. The maximum Gasteiger partial charge on any atom is 0.243 e. The van der Waals surface area contributed by atoms with Crippen LogP contribution in [0.25, 0.3) is 0 Å². The number of benzene rings is 2. The molecule has 152 valence electrons. The van der Waals surface area contributed by atoms with Crippen molar-refractivity contribution >= 4 is 31.9 Å². The Labute approximate surface area is 178 Å². The molecule has 0 aliphatic rings. The van der Waals surface area contributed by atoms with E-state index < -0.39 is 15.9 Å². The Kier molecular flexibility index (Phi) is 7.24. The molecule has 0 saturated carbocycles. The largest absolute Gasteiger partial charge is 0.467 e. The first-order valence-corrected chi connectivity index (χ1v) is 11.3. The number of hydrogen-bond donors (Lipinski definition) is 1. The van der Waals surface area contributed by atoms with Crippen molar-refractivity contribution in [2.75, 3.05) is 13.1 Å². The lowest BCUT2D eigenvalue weighted by Crippen LogP contribution is -2.41. The molecule has 1 amide bonds. The zero-order valence-electron chi connectivity index (χ0n) is 15.6. The van der Waals surface area contributed by atoms with Gasteiger partial charge >= 0.3 is 0 Å². The molecule has 3 rings (SSSR count). The van der Waals surface area contributed by atoms with Gasteiger partial charge in [0.15, 0.2) is 0 Å². The molecule has 1 N–H and O–H groups in total. The van der Waals surface area contributed by atoms with E-state index in [1.54, 1.807) is 24.3 Å². The number of halogens is 1. The van der Waals surface area contributed by atoms with Crippen molar-refractivity contribution < 1.29 is 17.6 Å². The Balaban J connectivity index is 1.74. The molecule has 0 bridgehead atoms. The lowest BCUT2D eigenvalue weighted by atomic mass is 10.1. The molecule has 6 nitrogen and oxygen atoms in total. The Morgan fingerprint density at radius 3 is 2.38 bits per heavy atom. The highest BCUT2D eigenvalue weighted by Crippen LogP contribution is 2.19. The van der Waals surface area contributed by atoms with Gasteiger partial charge in [0, 0.05) is 11.0 Å². The zero-order valence-corrected chi connectivity index (χ0v) is 18.0. The number of nitrogens with one attached hydrogen (secondary N) is 1. The number of nitrogens with zero attached hydrogens (tertiary/aromatic N) is 1. The van der Waals surface area contributed by atoms with Gasteiger partial charge in [-0.05, 0) is 48.4 Å². The summed E-state index contributed by atoms with van der Waals surface area (Å²) in [4.78, 5) is 12.6. The smallest absolute Gasteiger partial charge is 0.243 e. The second-order valence-electron chi connectivity index (χ2n) is 6.38. The highest BCUT2D eigenvalue weighted by atomic mass is 79.9. The SMILES string of the molecule is O=C(CN(CCc1ccccc1)S(=O)(=O)c1ccc(Br)cc1)NCc1ccco1. The van der Waals surface area contributed by atoms with E-state index in [0.29, 0.717) is 12.2 Å². The third-order valence-electron chi connectivity index (χ3n) is 4.30. The summed E-state index contributed by atoms with van der Waals surface area (Å²) in [6.45, 7) is 0.124. The van der Waals surface area contributed by atoms with Gasteiger partial charge in [-0.15, -0.1) is 0 Å². The first-order chi connectivity index (χ1) is 13.9. The maximum atomic E-state index is 13.1. The van der Waals surface area contributed by atoms with Crippen LogP contribution in [0.5, 0.6) is 0 Å². The van der Waals surface area contributed by atoms with E-state index in [-0.39, 0.29) is 24.5 Å². The molecule has 29 heavy (non-hydrogen) atoms. The van der Waals surface area contributed by atoms with E-state index in [1.165, 1.54) is 22.7 Å². The van der Waals surface area contributed by atoms with Gasteiger partial charge in [-0.2, -0.15) is 4.31 Å². The lowest BCUT2D eigenvalue weighted by Gasteiger charge is -2.22. The third-order valence-corrected chi connectivity index (χ3v) is 6.69. The van der Waals surface area contributed by atoms with Gasteiger partial charge in [0.05, 0.1) is 24.2 Å². The third kappa shape index (κ3) is 6.03. The summed E-state index contributed by atoms with van der Waals surface area (Å²) in [5.41, 5.74) is 1.000. The van der Waals surface area contributed by atoms with Crippen LogP contribution in [0.3, 0.4) is 0 Å². The minimum absolute atomic E-state index is 0.146. The van der Waals surface area contributed by atoms with Gasteiger partial charge in [0.25, 0.3) is 0 Å². The monoisotopic (exact) mass is 476 g/mol. The minimum Gasteiger partial charge on any atom is -0.467 e. The Bertz CT molecular complexity index is 1020. The lowest BCUT2D eigenvalue weighted by molar-refractivity contribution is -0.121. The molecule has 1 heterocycles. The summed E-state index contributed by atoms with van der Waals surface area (Å²) >= 11 is 3.31. The average molecular weight is 477 g/mol. The van der Waals surface area contributed by atoms with Gasteiger partial charge in [0.1, 0.15) is 5.76 Å². The van der Waals surface area contributed by atoms with Crippen molar-refractivity contribution in [2.45, 2.75) is 17.9 Å². The number of furan rings is 1. The normalized spacial score (nSPS) is 11.5. The van der Waals surface area contributed by atoms with Crippen LogP contribution in [0.15, 0.2) is 86.8 Å². The van der Waals surface area contributed by atoms with E-state index in [9.17, 15) is 13.2 Å². The highest BCUT2D eigenvalue weighted by molar-refractivity contribution is 9.10. The molecule has 0 atom stereocenters. The molecule has 0 spiro atoms. The molecule has 1 aromatic heterocycles. The van der Waals surface area contributed by atoms with Crippen LogP contribution in [0.2, 0.25) is 0 Å². The number of rotatable bonds is 9. The first-order valence-electron chi connectivity index (χ1n) is 9.04. The summed E-state index contributed by atoms with van der Waals surface area (Å²) in [5.74, 6) is 0.208. The molecular formula is C21H21BrN2O4S. The fraction of sp³-hybridized carbons (Fsp3) is 0.190. The zero-order chi connectivity index (χ0) is 20.7. The van der Waals surface area contributed by atoms with Gasteiger partial charge in [-0.25, -0.2) is 8.42 Å². The molecule has 0 saturated heterocycles. The van der Waals surface area contributed by atoms with E-state index in [1.807, 2.05) is 30.3 Å². The van der Waals surface area contributed by atoms with E-state index in [4.69, 9.17) is 4.42 Å². The second kappa shape index (κ2) is 9.87. The van der Waals surface area contributed by atoms with Crippen LogP contribution in [-0.4, -0.2) is 31.7 Å². The number of sulfonamides is 1. The molecule has 0 unspecified atom stereocenters. The Morgan fingerprint density at radius 2 is 1.72 bits per heavy atom. The Hall–Kier alpha value is -2.42. The molecular weight excluding hydrogens is 456 g/mol. The van der Waals surface area contributed by atoms with Gasteiger partial charge < -0.3 is 9.73 Å². The molecule has 0 aliphatic carbocycles. The second-order valence-corrected chi connectivity index (χ2v) is 9.24. The van der Waals surface area contributed by atoms with Gasteiger partial charge in [-0.3, -0.25) is 4.79 Å². The molecule has 0 aliphatic heterocycles. The van der Waals surface area contributed by atoms with Crippen molar-refractivity contribution in [3.63, 3.8) is 0 Å². The molecule has 8 heteroatoms. The number of carbonyl (C=O) groups excluding carboxylic acids is 1. The van der Waals surface area contributed by atoms with Crippen molar-refractivity contribution in [1.29, 1.82) is 0 Å². The average Bonchev–Trinajstić information content (AvgIpc) is 3.24. The molecule has 0 fully saturated rings. The number of carbonyl (C=O) groups is 1. The fourth-order valence-electron chi connectivity index (χ4n) is 2.75.